The van der Waals surface area contributed by atoms with E-state index in [0.717, 1.165) is 17.0 Å². The zero-order valence-electron chi connectivity index (χ0n) is 11.6. The molecule has 0 aliphatic heterocycles. The second-order valence-electron chi connectivity index (χ2n) is 4.37. The lowest BCUT2D eigenvalue weighted by molar-refractivity contribution is 0.102. The van der Waals surface area contributed by atoms with Gasteiger partial charge in [-0.2, -0.15) is 0 Å². The Balaban J connectivity index is 2.11. The van der Waals surface area contributed by atoms with Gasteiger partial charge in [0.05, 0.1) is 18.7 Å². The van der Waals surface area contributed by atoms with E-state index in [1.165, 1.54) is 6.26 Å². The van der Waals surface area contributed by atoms with Crippen LogP contribution in [-0.2, 0) is 6.54 Å². The molecule has 1 aromatic heterocycles. The van der Waals surface area contributed by atoms with Crippen molar-refractivity contribution in [2.75, 3.05) is 11.9 Å². The number of hydrogen-bond acceptors (Lipinski definition) is 4. The van der Waals surface area contributed by atoms with E-state index in [0.29, 0.717) is 17.9 Å². The SMILES string of the molecule is CCOc1ccc(NC(=O)c2coc(CN)c2)c(C)c1. The van der Waals surface area contributed by atoms with Crippen molar-refractivity contribution in [3.63, 3.8) is 0 Å². The van der Waals surface area contributed by atoms with E-state index in [1.54, 1.807) is 6.07 Å². The van der Waals surface area contributed by atoms with Crippen LogP contribution in [0.15, 0.2) is 34.9 Å². The van der Waals surface area contributed by atoms with Crippen LogP contribution in [0.2, 0.25) is 0 Å². The van der Waals surface area contributed by atoms with Crippen molar-refractivity contribution in [3.8, 4) is 5.75 Å². The van der Waals surface area contributed by atoms with E-state index >= 15 is 0 Å². The van der Waals surface area contributed by atoms with Crippen LogP contribution in [0, 0.1) is 6.92 Å². The van der Waals surface area contributed by atoms with Crippen LogP contribution in [0.3, 0.4) is 0 Å². The summed E-state index contributed by atoms with van der Waals surface area (Å²) in [5.74, 6) is 1.15. The Morgan fingerprint density at radius 2 is 2.20 bits per heavy atom. The number of furan rings is 1. The van der Waals surface area contributed by atoms with E-state index in [1.807, 2.05) is 32.0 Å². The summed E-state index contributed by atoms with van der Waals surface area (Å²) in [6, 6.07) is 7.17. The first-order valence-electron chi connectivity index (χ1n) is 6.46. The quantitative estimate of drug-likeness (QED) is 0.878. The molecule has 0 fully saturated rings. The van der Waals surface area contributed by atoms with Crippen LogP contribution in [0.25, 0.3) is 0 Å². The predicted molar refractivity (Wildman–Crippen MR) is 76.9 cm³/mol. The molecule has 5 heteroatoms. The highest BCUT2D eigenvalue weighted by Gasteiger charge is 2.11. The van der Waals surface area contributed by atoms with Gasteiger partial charge in [0.1, 0.15) is 17.8 Å². The Labute approximate surface area is 117 Å². The summed E-state index contributed by atoms with van der Waals surface area (Å²) in [5.41, 5.74) is 7.58. The third-order valence-corrected chi connectivity index (χ3v) is 2.87. The molecule has 106 valence electrons. The molecule has 0 aliphatic rings. The number of nitrogens with two attached hydrogens (primary N) is 1. The fourth-order valence-electron chi connectivity index (χ4n) is 1.83. The molecule has 0 aliphatic carbocycles. The molecular weight excluding hydrogens is 256 g/mol. The van der Waals surface area contributed by atoms with Gasteiger partial charge in [0, 0.05) is 5.69 Å². The fourth-order valence-corrected chi connectivity index (χ4v) is 1.83. The molecule has 0 saturated carbocycles. The fraction of sp³-hybridized carbons (Fsp3) is 0.267. The minimum Gasteiger partial charge on any atom is -0.494 e. The van der Waals surface area contributed by atoms with E-state index in [2.05, 4.69) is 5.32 Å². The first-order valence-corrected chi connectivity index (χ1v) is 6.46. The molecule has 1 heterocycles. The number of hydrogen-bond donors (Lipinski definition) is 2. The third kappa shape index (κ3) is 3.19. The maximum absolute atomic E-state index is 12.1. The van der Waals surface area contributed by atoms with Gasteiger partial charge in [0.25, 0.3) is 5.91 Å². The summed E-state index contributed by atoms with van der Waals surface area (Å²) in [4.78, 5) is 12.1. The first kappa shape index (κ1) is 14.1. The Morgan fingerprint density at radius 1 is 1.40 bits per heavy atom. The van der Waals surface area contributed by atoms with Gasteiger partial charge in [-0.15, -0.1) is 0 Å². The molecule has 3 N–H and O–H groups in total. The highest BCUT2D eigenvalue weighted by Crippen LogP contribution is 2.22. The number of anilines is 1. The molecule has 0 unspecified atom stereocenters. The molecule has 20 heavy (non-hydrogen) atoms. The maximum atomic E-state index is 12.1. The topological polar surface area (TPSA) is 77.5 Å². The molecule has 1 aromatic carbocycles. The monoisotopic (exact) mass is 274 g/mol. The third-order valence-electron chi connectivity index (χ3n) is 2.87. The van der Waals surface area contributed by atoms with E-state index in [4.69, 9.17) is 14.9 Å². The van der Waals surface area contributed by atoms with Crippen molar-refractivity contribution in [2.45, 2.75) is 20.4 Å². The Bertz CT molecular complexity index is 605. The van der Waals surface area contributed by atoms with E-state index < -0.39 is 0 Å². The number of amides is 1. The van der Waals surface area contributed by atoms with Crippen LogP contribution in [0.1, 0.15) is 28.6 Å². The number of benzene rings is 1. The van der Waals surface area contributed by atoms with Crippen LogP contribution in [0.4, 0.5) is 5.69 Å². The molecule has 0 atom stereocenters. The summed E-state index contributed by atoms with van der Waals surface area (Å²) in [6.45, 7) is 4.73. The molecule has 2 rings (SSSR count). The van der Waals surface area contributed by atoms with Crippen LogP contribution >= 0.6 is 0 Å². The van der Waals surface area contributed by atoms with Crippen molar-refractivity contribution in [1.29, 1.82) is 0 Å². The van der Waals surface area contributed by atoms with Gasteiger partial charge in [0.2, 0.25) is 0 Å². The van der Waals surface area contributed by atoms with Crippen LogP contribution in [0.5, 0.6) is 5.75 Å². The number of nitrogens with one attached hydrogen (secondary N) is 1. The van der Waals surface area contributed by atoms with Gasteiger partial charge in [-0.3, -0.25) is 4.79 Å². The molecule has 1 amide bonds. The zero-order chi connectivity index (χ0) is 14.5. The molecule has 0 saturated heterocycles. The van der Waals surface area contributed by atoms with Gasteiger partial charge < -0.3 is 20.2 Å². The average molecular weight is 274 g/mol. The molecule has 0 spiro atoms. The van der Waals surface area contributed by atoms with Gasteiger partial charge in [-0.1, -0.05) is 0 Å². The minimum atomic E-state index is -0.222. The number of ether oxygens (including phenoxy) is 1. The van der Waals surface area contributed by atoms with Crippen molar-refractivity contribution < 1.29 is 13.9 Å². The number of rotatable bonds is 5. The highest BCUT2D eigenvalue weighted by molar-refractivity contribution is 6.04. The maximum Gasteiger partial charge on any atom is 0.258 e. The van der Waals surface area contributed by atoms with Crippen LogP contribution in [-0.4, -0.2) is 12.5 Å². The molecule has 0 bridgehead atoms. The normalized spacial score (nSPS) is 10.3. The van der Waals surface area contributed by atoms with Gasteiger partial charge >= 0.3 is 0 Å². The van der Waals surface area contributed by atoms with Crippen LogP contribution < -0.4 is 15.8 Å². The number of carbonyl (C=O) groups excluding carboxylic acids is 1. The summed E-state index contributed by atoms with van der Waals surface area (Å²) in [7, 11) is 0. The lowest BCUT2D eigenvalue weighted by Crippen LogP contribution is -2.12. The molecule has 2 aromatic rings. The first-order chi connectivity index (χ1) is 9.63. The van der Waals surface area contributed by atoms with Gasteiger partial charge in [-0.25, -0.2) is 0 Å². The zero-order valence-corrected chi connectivity index (χ0v) is 11.6. The summed E-state index contributed by atoms with van der Waals surface area (Å²) >= 11 is 0. The summed E-state index contributed by atoms with van der Waals surface area (Å²) in [6.07, 6.45) is 1.40. The predicted octanol–water partition coefficient (Wildman–Crippen LogP) is 2.70. The second-order valence-corrected chi connectivity index (χ2v) is 4.37. The van der Waals surface area contributed by atoms with Gasteiger partial charge in [0.15, 0.2) is 0 Å². The van der Waals surface area contributed by atoms with E-state index in [-0.39, 0.29) is 12.5 Å². The molecule has 0 radical (unpaired) electrons. The summed E-state index contributed by atoms with van der Waals surface area (Å²) < 4.78 is 10.6. The summed E-state index contributed by atoms with van der Waals surface area (Å²) in [5, 5.41) is 2.84. The largest absolute Gasteiger partial charge is 0.494 e. The minimum absolute atomic E-state index is 0.222. The Hall–Kier alpha value is -2.27. The standard InChI is InChI=1S/C15H18N2O3/c1-3-19-12-4-5-14(10(2)6-12)17-15(18)11-7-13(8-16)20-9-11/h4-7,9H,3,8,16H2,1-2H3,(H,17,18). The number of carbonyl (C=O) groups is 1. The Kier molecular flexibility index (Phi) is 4.42. The van der Waals surface area contributed by atoms with Crippen molar-refractivity contribution in [1.82, 2.24) is 0 Å². The lowest BCUT2D eigenvalue weighted by atomic mass is 10.2. The average Bonchev–Trinajstić information content (AvgIpc) is 2.91. The van der Waals surface area contributed by atoms with Crippen molar-refractivity contribution in [3.05, 3.63) is 47.4 Å². The van der Waals surface area contributed by atoms with Crippen molar-refractivity contribution >= 4 is 11.6 Å². The van der Waals surface area contributed by atoms with Gasteiger partial charge in [-0.05, 0) is 43.7 Å². The highest BCUT2D eigenvalue weighted by atomic mass is 16.5. The molecule has 5 nitrogen and oxygen atoms in total. The lowest BCUT2D eigenvalue weighted by Gasteiger charge is -2.09. The van der Waals surface area contributed by atoms with E-state index in [9.17, 15) is 4.79 Å². The smallest absolute Gasteiger partial charge is 0.258 e. The Morgan fingerprint density at radius 3 is 2.80 bits per heavy atom. The molecular formula is C15H18N2O3. The number of aryl methyl sites for hydroxylation is 1. The van der Waals surface area contributed by atoms with Crippen molar-refractivity contribution in [2.24, 2.45) is 5.73 Å². The second kappa shape index (κ2) is 6.25.